The van der Waals surface area contributed by atoms with Crippen molar-refractivity contribution >= 4 is 32.8 Å². The highest BCUT2D eigenvalue weighted by atomic mass is 79.9. The number of nitrogens with zero attached hydrogens (tertiary/aromatic N) is 1. The maximum Gasteiger partial charge on any atom is 0.340 e. The highest BCUT2D eigenvalue weighted by Gasteiger charge is 2.23. The minimum Gasteiger partial charge on any atom is -0.496 e. The van der Waals surface area contributed by atoms with E-state index in [0.29, 0.717) is 37.6 Å². The number of benzene rings is 2. The molecule has 6 nitrogen and oxygen atoms in total. The lowest BCUT2D eigenvalue weighted by atomic mass is 10.1. The Morgan fingerprint density at radius 1 is 1.27 bits per heavy atom. The number of hydrogen-bond donors (Lipinski definition) is 2. The number of fused-ring (bicyclic) bond motifs is 1. The summed E-state index contributed by atoms with van der Waals surface area (Å²) in [4.78, 5) is 12.6. The van der Waals surface area contributed by atoms with Crippen LogP contribution >= 0.6 is 15.9 Å². The molecule has 0 aliphatic carbocycles. The van der Waals surface area contributed by atoms with Crippen LogP contribution in [-0.2, 0) is 17.8 Å². The molecule has 0 bridgehead atoms. The van der Waals surface area contributed by atoms with Crippen molar-refractivity contribution in [2.75, 3.05) is 20.3 Å². The van der Waals surface area contributed by atoms with Crippen LogP contribution in [0.3, 0.4) is 0 Å². The molecule has 160 valence electrons. The van der Waals surface area contributed by atoms with Crippen molar-refractivity contribution in [1.82, 2.24) is 9.88 Å². The topological polar surface area (TPSA) is 72.7 Å². The number of hydrogen-bond acceptors (Lipinski definition) is 5. The molecule has 0 fully saturated rings. The third-order valence-corrected chi connectivity index (χ3v) is 5.64. The van der Waals surface area contributed by atoms with Gasteiger partial charge in [-0.1, -0.05) is 30.3 Å². The fourth-order valence-corrected chi connectivity index (χ4v) is 4.08. The number of carbonyl (C=O) groups excluding carboxylic acids is 1. The van der Waals surface area contributed by atoms with E-state index in [9.17, 15) is 9.90 Å². The van der Waals surface area contributed by atoms with Gasteiger partial charge in [-0.2, -0.15) is 0 Å². The van der Waals surface area contributed by atoms with Crippen LogP contribution in [0.5, 0.6) is 5.75 Å². The van der Waals surface area contributed by atoms with Gasteiger partial charge < -0.3 is 24.5 Å². The molecule has 1 aromatic heterocycles. The fraction of sp³-hybridized carbons (Fsp3) is 0.348. The number of halogens is 1. The maximum atomic E-state index is 12.6. The number of aliphatic hydroxyl groups is 1. The van der Waals surface area contributed by atoms with Crippen molar-refractivity contribution in [3.05, 3.63) is 63.8 Å². The largest absolute Gasteiger partial charge is 0.496 e. The minimum absolute atomic E-state index is 0.296. The van der Waals surface area contributed by atoms with Gasteiger partial charge in [-0.25, -0.2) is 4.79 Å². The molecule has 7 heteroatoms. The lowest BCUT2D eigenvalue weighted by Gasteiger charge is -2.16. The molecule has 0 aliphatic heterocycles. The first-order valence-electron chi connectivity index (χ1n) is 9.92. The molecule has 0 saturated heterocycles. The molecule has 3 rings (SSSR count). The zero-order valence-corrected chi connectivity index (χ0v) is 19.0. The van der Waals surface area contributed by atoms with Crippen LogP contribution in [0.1, 0.15) is 28.5 Å². The fourth-order valence-electron chi connectivity index (χ4n) is 3.58. The van der Waals surface area contributed by atoms with Crippen molar-refractivity contribution in [2.24, 2.45) is 0 Å². The molecule has 1 unspecified atom stereocenters. The van der Waals surface area contributed by atoms with Gasteiger partial charge in [0.25, 0.3) is 0 Å². The Hall–Kier alpha value is -2.35. The quantitative estimate of drug-likeness (QED) is 0.457. The second-order valence-corrected chi connectivity index (χ2v) is 7.92. The van der Waals surface area contributed by atoms with Crippen LogP contribution in [0.2, 0.25) is 0 Å². The van der Waals surface area contributed by atoms with Crippen molar-refractivity contribution in [3.8, 4) is 5.75 Å². The van der Waals surface area contributed by atoms with Gasteiger partial charge in [0.2, 0.25) is 0 Å². The third-order valence-electron chi connectivity index (χ3n) is 5.02. The zero-order chi connectivity index (χ0) is 21.7. The van der Waals surface area contributed by atoms with E-state index in [1.54, 1.807) is 14.0 Å². The molecule has 0 aliphatic rings. The molecule has 0 radical (unpaired) electrons. The highest BCUT2D eigenvalue weighted by molar-refractivity contribution is 9.10. The SMILES string of the molecule is CCOC(=O)c1c(C)n(CC(O)CNCc2ccccc2)c2cc(Br)c(OC)cc12. The summed E-state index contributed by atoms with van der Waals surface area (Å²) >= 11 is 3.52. The third kappa shape index (κ3) is 4.86. The number of aromatic nitrogens is 1. The van der Waals surface area contributed by atoms with Crippen LogP contribution in [0.4, 0.5) is 0 Å². The smallest absolute Gasteiger partial charge is 0.340 e. The van der Waals surface area contributed by atoms with Gasteiger partial charge in [0.15, 0.2) is 0 Å². The van der Waals surface area contributed by atoms with Crippen molar-refractivity contribution in [2.45, 2.75) is 33.0 Å². The lowest BCUT2D eigenvalue weighted by Crippen LogP contribution is -2.30. The molecule has 2 aromatic carbocycles. The van der Waals surface area contributed by atoms with E-state index in [1.807, 2.05) is 54.0 Å². The first-order valence-corrected chi connectivity index (χ1v) is 10.7. The molecule has 0 spiro atoms. The predicted octanol–water partition coefficient (Wildman–Crippen LogP) is 4.05. The number of ether oxygens (including phenoxy) is 2. The van der Waals surface area contributed by atoms with E-state index in [2.05, 4.69) is 21.2 Å². The van der Waals surface area contributed by atoms with E-state index >= 15 is 0 Å². The molecule has 3 aromatic rings. The molecule has 1 heterocycles. The van der Waals surface area contributed by atoms with E-state index in [4.69, 9.17) is 9.47 Å². The van der Waals surface area contributed by atoms with Gasteiger partial charge in [0.1, 0.15) is 5.75 Å². The Balaban J connectivity index is 1.85. The molecular weight excluding hydrogens is 448 g/mol. The summed E-state index contributed by atoms with van der Waals surface area (Å²) in [7, 11) is 1.59. The van der Waals surface area contributed by atoms with Crippen molar-refractivity contribution in [1.29, 1.82) is 0 Å². The number of methoxy groups -OCH3 is 1. The molecule has 0 amide bonds. The normalized spacial score (nSPS) is 12.2. The summed E-state index contributed by atoms with van der Waals surface area (Å²) in [5.74, 6) is 0.259. The van der Waals surface area contributed by atoms with Crippen LogP contribution in [0.25, 0.3) is 10.9 Å². The molecular formula is C23H27BrN2O4. The Kier molecular flexibility index (Phi) is 7.53. The second-order valence-electron chi connectivity index (χ2n) is 7.07. The summed E-state index contributed by atoms with van der Waals surface area (Å²) < 4.78 is 13.4. The Labute approximate surface area is 184 Å². The van der Waals surface area contributed by atoms with Gasteiger partial charge in [-0.3, -0.25) is 0 Å². The number of nitrogens with one attached hydrogen (secondary N) is 1. The van der Waals surface area contributed by atoms with Gasteiger partial charge >= 0.3 is 5.97 Å². The predicted molar refractivity (Wildman–Crippen MR) is 121 cm³/mol. The molecule has 2 N–H and O–H groups in total. The number of carbonyl (C=O) groups is 1. The van der Waals surface area contributed by atoms with Gasteiger partial charge in [-0.15, -0.1) is 0 Å². The van der Waals surface area contributed by atoms with Crippen molar-refractivity contribution < 1.29 is 19.4 Å². The average molecular weight is 475 g/mol. The zero-order valence-electron chi connectivity index (χ0n) is 17.4. The van der Waals surface area contributed by atoms with Crippen LogP contribution in [0, 0.1) is 6.92 Å². The van der Waals surface area contributed by atoms with Crippen LogP contribution < -0.4 is 10.1 Å². The summed E-state index contributed by atoms with van der Waals surface area (Å²) in [5.41, 5.74) is 3.26. The average Bonchev–Trinajstić information content (AvgIpc) is 2.99. The van der Waals surface area contributed by atoms with Gasteiger partial charge in [-0.05, 0) is 47.5 Å². The van der Waals surface area contributed by atoms with E-state index in [0.717, 1.165) is 26.6 Å². The monoisotopic (exact) mass is 474 g/mol. The molecule has 0 saturated carbocycles. The molecule has 30 heavy (non-hydrogen) atoms. The van der Waals surface area contributed by atoms with Crippen molar-refractivity contribution in [3.63, 3.8) is 0 Å². The van der Waals surface area contributed by atoms with E-state index in [1.165, 1.54) is 0 Å². The first kappa shape index (κ1) is 22.3. The number of aliphatic hydroxyl groups excluding tert-OH is 1. The van der Waals surface area contributed by atoms with E-state index < -0.39 is 6.10 Å². The summed E-state index contributed by atoms with van der Waals surface area (Å²) in [6.45, 7) is 5.41. The standard InChI is InChI=1S/C23H27BrN2O4/c1-4-30-23(28)22-15(2)26(20-11-19(24)21(29-3)10-18(20)22)14-17(27)13-25-12-16-8-6-5-7-9-16/h5-11,17,25,27H,4,12-14H2,1-3H3. The van der Waals surface area contributed by atoms with Gasteiger partial charge in [0.05, 0.1) is 41.9 Å². The minimum atomic E-state index is -0.626. The lowest BCUT2D eigenvalue weighted by molar-refractivity contribution is 0.0527. The summed E-state index contributed by atoms with van der Waals surface area (Å²) in [5, 5.41) is 14.7. The number of esters is 1. The Morgan fingerprint density at radius 3 is 2.67 bits per heavy atom. The van der Waals surface area contributed by atoms with E-state index in [-0.39, 0.29) is 5.97 Å². The van der Waals surface area contributed by atoms with Crippen LogP contribution in [0.15, 0.2) is 46.9 Å². The Bertz CT molecular complexity index is 1020. The van der Waals surface area contributed by atoms with Crippen LogP contribution in [-0.4, -0.2) is 42.0 Å². The Morgan fingerprint density at radius 2 is 2.00 bits per heavy atom. The first-order chi connectivity index (χ1) is 14.5. The molecule has 1 atom stereocenters. The van der Waals surface area contributed by atoms with Gasteiger partial charge in [0, 0.05) is 24.2 Å². The summed E-state index contributed by atoms with van der Waals surface area (Å²) in [6, 6.07) is 13.8. The summed E-state index contributed by atoms with van der Waals surface area (Å²) in [6.07, 6.45) is -0.626. The second kappa shape index (κ2) is 10.1. The maximum absolute atomic E-state index is 12.6. The highest BCUT2D eigenvalue weighted by Crippen LogP contribution is 2.35. The number of rotatable bonds is 9.